The quantitative estimate of drug-likeness (QED) is 0.231. The van der Waals surface area contributed by atoms with Gasteiger partial charge in [-0.3, -0.25) is 0 Å². The van der Waals surface area contributed by atoms with Gasteiger partial charge in [-0.25, -0.2) is 14.4 Å². The SMILES string of the molecule is CCCCCCC(C)(C)c1cc(OCC(=O)OC)c([C@H]2C=C(C(=O)O)C3CC2C3(C)C)c(OCC(=O)OC)c1. The zero-order valence-electron chi connectivity index (χ0n) is 24.4. The van der Waals surface area contributed by atoms with E-state index in [9.17, 15) is 19.5 Å². The summed E-state index contributed by atoms with van der Waals surface area (Å²) in [4.78, 5) is 36.4. The highest BCUT2D eigenvalue weighted by molar-refractivity contribution is 5.88. The molecule has 3 aliphatic carbocycles. The van der Waals surface area contributed by atoms with E-state index in [2.05, 4.69) is 34.6 Å². The summed E-state index contributed by atoms with van der Waals surface area (Å²) in [6.07, 6.45) is 7.98. The Labute approximate surface area is 232 Å². The lowest BCUT2D eigenvalue weighted by atomic mass is 9.45. The van der Waals surface area contributed by atoms with Gasteiger partial charge in [0.05, 0.1) is 14.2 Å². The molecule has 0 amide bonds. The maximum atomic E-state index is 12.2. The van der Waals surface area contributed by atoms with Gasteiger partial charge in [0.15, 0.2) is 13.2 Å². The molecule has 1 aromatic rings. The number of allylic oxidation sites excluding steroid dienone is 1. The van der Waals surface area contributed by atoms with Crippen molar-refractivity contribution in [3.8, 4) is 11.5 Å². The third kappa shape index (κ3) is 6.59. The van der Waals surface area contributed by atoms with Crippen LogP contribution in [-0.2, 0) is 29.3 Å². The lowest BCUT2D eigenvalue weighted by Gasteiger charge is -2.58. The van der Waals surface area contributed by atoms with Crippen LogP contribution in [0, 0.1) is 17.3 Å². The molecule has 1 fully saturated rings. The number of unbranched alkanes of at least 4 members (excludes halogenated alkanes) is 3. The van der Waals surface area contributed by atoms with Crippen LogP contribution < -0.4 is 9.47 Å². The van der Waals surface area contributed by atoms with E-state index in [1.165, 1.54) is 20.6 Å². The largest absolute Gasteiger partial charge is 0.481 e. The highest BCUT2D eigenvalue weighted by atomic mass is 16.6. The molecule has 8 nitrogen and oxygen atoms in total. The summed E-state index contributed by atoms with van der Waals surface area (Å²) in [6, 6.07) is 3.88. The normalized spacial score (nSPS) is 21.3. The van der Waals surface area contributed by atoms with E-state index in [1.54, 1.807) is 6.08 Å². The molecule has 0 saturated heterocycles. The predicted octanol–water partition coefficient (Wildman–Crippen LogP) is 5.81. The lowest BCUT2D eigenvalue weighted by molar-refractivity contribution is -0.143. The van der Waals surface area contributed by atoms with Crippen molar-refractivity contribution in [3.05, 3.63) is 34.9 Å². The summed E-state index contributed by atoms with van der Waals surface area (Å²) in [5.41, 5.74) is 1.48. The van der Waals surface area contributed by atoms with E-state index in [0.29, 0.717) is 22.6 Å². The third-order valence-electron chi connectivity index (χ3n) is 8.78. The first kappa shape index (κ1) is 30.5. The van der Waals surface area contributed by atoms with Crippen molar-refractivity contribution < 1.29 is 38.4 Å². The molecule has 1 saturated carbocycles. The zero-order chi connectivity index (χ0) is 29.0. The molecule has 0 aliphatic heterocycles. The number of carbonyl (C=O) groups is 3. The van der Waals surface area contributed by atoms with Gasteiger partial charge in [0, 0.05) is 17.1 Å². The van der Waals surface area contributed by atoms with Crippen LogP contribution >= 0.6 is 0 Å². The Hall–Kier alpha value is -3.03. The van der Waals surface area contributed by atoms with Crippen LogP contribution in [0.4, 0.5) is 0 Å². The third-order valence-corrected chi connectivity index (χ3v) is 8.78. The van der Waals surface area contributed by atoms with E-state index < -0.39 is 17.9 Å². The number of esters is 2. The molecule has 1 N–H and O–H groups in total. The van der Waals surface area contributed by atoms with Gasteiger partial charge in [-0.2, -0.15) is 0 Å². The van der Waals surface area contributed by atoms with Crippen LogP contribution in [-0.4, -0.2) is 50.4 Å². The number of fused-ring (bicyclic) bond motifs is 1. The number of carbonyl (C=O) groups excluding carboxylic acids is 2. The van der Waals surface area contributed by atoms with Crippen molar-refractivity contribution >= 4 is 17.9 Å². The molecule has 1 aromatic carbocycles. The van der Waals surface area contributed by atoms with Crippen molar-refractivity contribution in [2.45, 2.75) is 84.5 Å². The fourth-order valence-electron chi connectivity index (χ4n) is 6.12. The number of aliphatic carboxylic acids is 1. The summed E-state index contributed by atoms with van der Waals surface area (Å²) in [5.74, 6) is -1.35. The smallest absolute Gasteiger partial charge is 0.343 e. The van der Waals surface area contributed by atoms with Gasteiger partial charge in [0.1, 0.15) is 11.5 Å². The Bertz CT molecular complexity index is 1060. The van der Waals surface area contributed by atoms with Gasteiger partial charge >= 0.3 is 17.9 Å². The van der Waals surface area contributed by atoms with Crippen molar-refractivity contribution in [1.29, 1.82) is 0 Å². The number of hydrogen-bond donors (Lipinski definition) is 1. The Balaban J connectivity index is 2.16. The molecule has 0 heterocycles. The molecule has 39 heavy (non-hydrogen) atoms. The van der Waals surface area contributed by atoms with Crippen LogP contribution in [0.15, 0.2) is 23.8 Å². The highest BCUT2D eigenvalue weighted by Crippen LogP contribution is 2.65. The number of methoxy groups -OCH3 is 2. The number of ether oxygens (including phenoxy) is 4. The summed E-state index contributed by atoms with van der Waals surface area (Å²) in [6.45, 7) is 10.1. The summed E-state index contributed by atoms with van der Waals surface area (Å²) < 4.78 is 21.8. The molecule has 2 unspecified atom stereocenters. The summed E-state index contributed by atoms with van der Waals surface area (Å²) >= 11 is 0. The van der Waals surface area contributed by atoms with Crippen LogP contribution in [0.1, 0.15) is 90.2 Å². The molecule has 8 heteroatoms. The van der Waals surface area contributed by atoms with E-state index in [0.717, 1.165) is 37.7 Å². The van der Waals surface area contributed by atoms with Crippen molar-refractivity contribution in [1.82, 2.24) is 0 Å². The Morgan fingerprint density at radius 1 is 0.974 bits per heavy atom. The first-order chi connectivity index (χ1) is 18.4. The van der Waals surface area contributed by atoms with Gasteiger partial charge in [0.25, 0.3) is 0 Å². The first-order valence-corrected chi connectivity index (χ1v) is 13.9. The topological polar surface area (TPSA) is 108 Å². The minimum Gasteiger partial charge on any atom is -0.481 e. The van der Waals surface area contributed by atoms with Crippen molar-refractivity contribution in [2.24, 2.45) is 17.3 Å². The molecule has 0 radical (unpaired) electrons. The summed E-state index contributed by atoms with van der Waals surface area (Å²) in [7, 11) is 2.60. The van der Waals surface area contributed by atoms with E-state index in [1.807, 2.05) is 12.1 Å². The maximum Gasteiger partial charge on any atom is 0.343 e. The zero-order valence-corrected chi connectivity index (χ0v) is 24.4. The number of carboxylic acids is 1. The molecule has 4 rings (SSSR count). The van der Waals surface area contributed by atoms with E-state index in [-0.39, 0.29) is 41.8 Å². The molecular weight excluding hydrogens is 500 g/mol. The van der Waals surface area contributed by atoms with Gasteiger partial charge in [-0.15, -0.1) is 0 Å². The highest BCUT2D eigenvalue weighted by Gasteiger charge is 2.57. The summed E-state index contributed by atoms with van der Waals surface area (Å²) in [5, 5.41) is 10.0. The van der Waals surface area contributed by atoms with Crippen LogP contribution in [0.25, 0.3) is 0 Å². The van der Waals surface area contributed by atoms with Crippen molar-refractivity contribution in [2.75, 3.05) is 27.4 Å². The molecule has 0 spiro atoms. The van der Waals surface area contributed by atoms with E-state index >= 15 is 0 Å². The molecule has 3 atom stereocenters. The van der Waals surface area contributed by atoms with Crippen LogP contribution in [0.3, 0.4) is 0 Å². The number of rotatable bonds is 14. The second-order valence-electron chi connectivity index (χ2n) is 12.0. The van der Waals surface area contributed by atoms with Gasteiger partial charge in [-0.05, 0) is 53.2 Å². The monoisotopic (exact) mass is 544 g/mol. The fourth-order valence-corrected chi connectivity index (χ4v) is 6.12. The lowest BCUT2D eigenvalue weighted by Crippen LogP contribution is -2.52. The molecule has 0 aromatic heterocycles. The molecule has 2 bridgehead atoms. The second-order valence-corrected chi connectivity index (χ2v) is 12.0. The second kappa shape index (κ2) is 12.4. The average Bonchev–Trinajstić information content (AvgIpc) is 2.91. The predicted molar refractivity (Wildman–Crippen MR) is 147 cm³/mol. The molecule has 3 aliphatic rings. The number of benzene rings is 1. The van der Waals surface area contributed by atoms with Crippen LogP contribution in [0.2, 0.25) is 0 Å². The Morgan fingerprint density at radius 3 is 2.00 bits per heavy atom. The van der Waals surface area contributed by atoms with E-state index in [4.69, 9.17) is 18.9 Å². The van der Waals surface area contributed by atoms with Crippen LogP contribution in [0.5, 0.6) is 11.5 Å². The van der Waals surface area contributed by atoms with Gasteiger partial charge in [-0.1, -0.05) is 66.4 Å². The number of hydrogen-bond acceptors (Lipinski definition) is 7. The van der Waals surface area contributed by atoms with Gasteiger partial charge < -0.3 is 24.1 Å². The Kier molecular flexibility index (Phi) is 9.73. The van der Waals surface area contributed by atoms with Crippen molar-refractivity contribution in [3.63, 3.8) is 0 Å². The maximum absolute atomic E-state index is 12.2. The number of carboxylic acid groups (broad SMARTS) is 1. The average molecular weight is 545 g/mol. The molecule has 216 valence electrons. The first-order valence-electron chi connectivity index (χ1n) is 13.9. The van der Waals surface area contributed by atoms with Gasteiger partial charge in [0.2, 0.25) is 0 Å². The minimum absolute atomic E-state index is 0.0311. The standard InChI is InChI=1S/C31H44O8/c1-8-9-10-11-12-30(2,3)19-13-24(38-17-26(32)36-6)28(25(14-19)39-18-27(33)37-7)20-15-21(29(34)35)23-16-22(20)31(23,4)5/h13-15,20,22-23H,8-12,16-18H2,1-7H3,(H,34,35)/t20-,22?,23?/m0/s1. The Morgan fingerprint density at radius 2 is 1.54 bits per heavy atom. The molecular formula is C31H44O8. The fraction of sp³-hybridized carbons (Fsp3) is 0.645. The minimum atomic E-state index is -0.935.